The molecule has 0 spiro atoms. The van der Waals surface area contributed by atoms with Crippen molar-refractivity contribution in [2.45, 2.75) is 24.6 Å². The molecule has 1 aromatic carbocycles. The number of rotatable bonds is 7. The van der Waals surface area contributed by atoms with E-state index in [0.29, 0.717) is 18.2 Å². The number of anilines is 1. The van der Waals surface area contributed by atoms with Crippen LogP contribution in [0.25, 0.3) is 0 Å². The summed E-state index contributed by atoms with van der Waals surface area (Å²) >= 11 is 2.89. The fourth-order valence-electron chi connectivity index (χ4n) is 2.30. The summed E-state index contributed by atoms with van der Waals surface area (Å²) in [5.41, 5.74) is 2.05. The quantitative estimate of drug-likeness (QED) is 0.752. The molecule has 1 amide bonds. The Morgan fingerprint density at radius 3 is 2.88 bits per heavy atom. The molecule has 1 aromatic heterocycles. The van der Waals surface area contributed by atoms with Gasteiger partial charge in [0.25, 0.3) is 5.91 Å². The third-order valence-electron chi connectivity index (χ3n) is 3.58. The molecular weight excluding hydrogens is 354 g/mol. The van der Waals surface area contributed by atoms with E-state index in [1.54, 1.807) is 5.01 Å². The second-order valence-electron chi connectivity index (χ2n) is 6.12. The topological polar surface area (TPSA) is 70.5 Å². The molecule has 8 heteroatoms. The van der Waals surface area contributed by atoms with E-state index in [2.05, 4.69) is 34.5 Å². The minimum atomic E-state index is 0.00261. The van der Waals surface area contributed by atoms with Crippen LogP contribution in [0.4, 0.5) is 5.13 Å². The van der Waals surface area contributed by atoms with Crippen molar-refractivity contribution < 1.29 is 4.79 Å². The molecule has 1 aliphatic rings. The lowest BCUT2D eigenvalue weighted by Crippen LogP contribution is -2.25. The summed E-state index contributed by atoms with van der Waals surface area (Å²) in [6, 6.07) is 9.99. The highest BCUT2D eigenvalue weighted by Crippen LogP contribution is 2.26. The molecule has 0 bridgehead atoms. The third-order valence-corrected chi connectivity index (χ3v) is 5.58. The Hall–Kier alpha value is -1.93. The first-order valence-electron chi connectivity index (χ1n) is 8.25. The first-order chi connectivity index (χ1) is 12.1. The maximum Gasteiger partial charge on any atom is 0.253 e. The van der Waals surface area contributed by atoms with Crippen molar-refractivity contribution in [2.24, 2.45) is 11.0 Å². The van der Waals surface area contributed by atoms with Gasteiger partial charge in [0.15, 0.2) is 4.34 Å². The van der Waals surface area contributed by atoms with Crippen LogP contribution < -0.4 is 5.32 Å². The van der Waals surface area contributed by atoms with Crippen LogP contribution >= 0.6 is 23.1 Å². The first kappa shape index (κ1) is 17.9. The van der Waals surface area contributed by atoms with Crippen molar-refractivity contribution in [3.8, 4) is 0 Å². The van der Waals surface area contributed by atoms with Gasteiger partial charge in [-0.1, -0.05) is 67.3 Å². The Balaban J connectivity index is 1.51. The number of thioether (sulfide) groups is 1. The Bertz CT molecular complexity index is 745. The van der Waals surface area contributed by atoms with E-state index in [9.17, 15) is 4.79 Å². The Morgan fingerprint density at radius 2 is 2.12 bits per heavy atom. The average Bonchev–Trinajstić information content (AvgIpc) is 3.28. The molecule has 0 radical (unpaired) electrons. The predicted octanol–water partition coefficient (Wildman–Crippen LogP) is 3.33. The van der Waals surface area contributed by atoms with Crippen molar-refractivity contribution in [1.29, 1.82) is 0 Å². The van der Waals surface area contributed by atoms with E-state index in [-0.39, 0.29) is 5.91 Å². The zero-order valence-corrected chi connectivity index (χ0v) is 15.9. The lowest BCUT2D eigenvalue weighted by atomic mass is 10.1. The fraction of sp³-hybridized carbons (Fsp3) is 0.412. The number of nitrogens with zero attached hydrogens (tertiary/aromatic N) is 4. The second kappa shape index (κ2) is 8.44. The average molecular weight is 376 g/mol. The van der Waals surface area contributed by atoms with E-state index >= 15 is 0 Å². The number of aromatic nitrogens is 2. The van der Waals surface area contributed by atoms with Crippen LogP contribution in [0.1, 0.15) is 25.8 Å². The van der Waals surface area contributed by atoms with Crippen LogP contribution in [0.15, 0.2) is 39.8 Å². The molecule has 0 atom stereocenters. The van der Waals surface area contributed by atoms with Crippen LogP contribution in [-0.2, 0) is 4.79 Å². The van der Waals surface area contributed by atoms with Gasteiger partial charge in [0.05, 0.1) is 18.0 Å². The first-order valence-corrected chi connectivity index (χ1v) is 10.1. The smallest absolute Gasteiger partial charge is 0.253 e. The minimum Gasteiger partial charge on any atom is -0.360 e. The monoisotopic (exact) mass is 375 g/mol. The molecule has 2 aromatic rings. The molecule has 25 heavy (non-hydrogen) atoms. The van der Waals surface area contributed by atoms with Gasteiger partial charge >= 0.3 is 0 Å². The standard InChI is InChI=1S/C17H21N5OS2/c1-12(2)10-18-16-19-20-17(25-16)24-11-15(23)22-9-8-14(21-22)13-6-4-3-5-7-13/h3-7,12H,8-11H2,1-2H3,(H,18,19). The van der Waals surface area contributed by atoms with Gasteiger partial charge in [-0.05, 0) is 11.5 Å². The van der Waals surface area contributed by atoms with Crippen molar-refractivity contribution in [1.82, 2.24) is 15.2 Å². The third kappa shape index (κ3) is 5.02. The summed E-state index contributed by atoms with van der Waals surface area (Å²) in [7, 11) is 0. The van der Waals surface area contributed by atoms with Gasteiger partial charge in [-0.15, -0.1) is 10.2 Å². The lowest BCUT2D eigenvalue weighted by Gasteiger charge is -2.09. The molecule has 0 unspecified atom stereocenters. The molecule has 132 valence electrons. The molecule has 0 saturated heterocycles. The second-order valence-corrected chi connectivity index (χ2v) is 8.32. The van der Waals surface area contributed by atoms with Gasteiger partial charge < -0.3 is 5.32 Å². The predicted molar refractivity (Wildman–Crippen MR) is 103 cm³/mol. The van der Waals surface area contributed by atoms with Crippen LogP contribution in [-0.4, -0.2) is 45.7 Å². The maximum absolute atomic E-state index is 12.4. The van der Waals surface area contributed by atoms with Gasteiger partial charge in [0.2, 0.25) is 5.13 Å². The number of hydrogen-bond donors (Lipinski definition) is 1. The fourth-order valence-corrected chi connectivity index (χ4v) is 3.93. The van der Waals surface area contributed by atoms with Gasteiger partial charge in [-0.2, -0.15) is 5.10 Å². The zero-order chi connectivity index (χ0) is 17.6. The molecule has 0 fully saturated rings. The molecule has 3 rings (SSSR count). The molecule has 6 nitrogen and oxygen atoms in total. The van der Waals surface area contributed by atoms with Gasteiger partial charge in [0.1, 0.15) is 0 Å². The summed E-state index contributed by atoms with van der Waals surface area (Å²) in [5, 5.41) is 18.3. The normalized spacial score (nSPS) is 14.0. The molecule has 2 heterocycles. The van der Waals surface area contributed by atoms with E-state index in [4.69, 9.17) is 0 Å². The minimum absolute atomic E-state index is 0.00261. The molecule has 0 saturated carbocycles. The Labute approximate surface area is 155 Å². The summed E-state index contributed by atoms with van der Waals surface area (Å²) in [4.78, 5) is 12.4. The number of nitrogens with one attached hydrogen (secondary N) is 1. The van der Waals surface area contributed by atoms with E-state index < -0.39 is 0 Å². The Kier molecular flexibility index (Phi) is 6.04. The number of benzene rings is 1. The van der Waals surface area contributed by atoms with Crippen LogP contribution in [0.2, 0.25) is 0 Å². The summed E-state index contributed by atoms with van der Waals surface area (Å²) in [6.45, 7) is 5.79. The van der Waals surface area contributed by atoms with Crippen LogP contribution in [0, 0.1) is 5.92 Å². The van der Waals surface area contributed by atoms with E-state index in [1.165, 1.54) is 23.1 Å². The molecule has 1 N–H and O–H groups in total. The number of hydrogen-bond acceptors (Lipinski definition) is 7. The molecular formula is C17H21N5OS2. The van der Waals surface area contributed by atoms with Crippen molar-refractivity contribution >= 4 is 39.8 Å². The van der Waals surface area contributed by atoms with Gasteiger partial charge in [-0.3, -0.25) is 4.79 Å². The van der Waals surface area contributed by atoms with Gasteiger partial charge in [-0.25, -0.2) is 5.01 Å². The van der Waals surface area contributed by atoms with Gasteiger partial charge in [0, 0.05) is 13.0 Å². The summed E-state index contributed by atoms with van der Waals surface area (Å²) in [6.07, 6.45) is 0.794. The maximum atomic E-state index is 12.4. The number of hydrazone groups is 1. The number of carbonyl (C=O) groups is 1. The van der Waals surface area contributed by atoms with Crippen molar-refractivity contribution in [2.75, 3.05) is 24.2 Å². The van der Waals surface area contributed by atoms with Crippen LogP contribution in [0.5, 0.6) is 0 Å². The summed E-state index contributed by atoms with van der Waals surface area (Å²) in [5.74, 6) is 0.876. The highest BCUT2D eigenvalue weighted by Gasteiger charge is 2.22. The van der Waals surface area contributed by atoms with E-state index in [1.807, 2.05) is 30.3 Å². The van der Waals surface area contributed by atoms with Crippen molar-refractivity contribution in [3.05, 3.63) is 35.9 Å². The molecule has 1 aliphatic heterocycles. The van der Waals surface area contributed by atoms with Crippen molar-refractivity contribution in [3.63, 3.8) is 0 Å². The number of carbonyl (C=O) groups excluding carboxylic acids is 1. The Morgan fingerprint density at radius 1 is 1.32 bits per heavy atom. The van der Waals surface area contributed by atoms with Crippen LogP contribution in [0.3, 0.4) is 0 Å². The SMILES string of the molecule is CC(C)CNc1nnc(SCC(=O)N2CCC(c3ccccc3)=N2)s1. The van der Waals surface area contributed by atoms with E-state index in [0.717, 1.165) is 33.7 Å². The number of amides is 1. The highest BCUT2D eigenvalue weighted by atomic mass is 32.2. The largest absolute Gasteiger partial charge is 0.360 e. The summed E-state index contributed by atoms with van der Waals surface area (Å²) < 4.78 is 0.797. The lowest BCUT2D eigenvalue weighted by molar-refractivity contribution is -0.127. The highest BCUT2D eigenvalue weighted by molar-refractivity contribution is 8.01. The zero-order valence-electron chi connectivity index (χ0n) is 14.3. The molecule has 0 aliphatic carbocycles.